The molecule has 10 heavy (non-hydrogen) atoms. The molecule has 56 valence electrons. The molecule has 0 aromatic heterocycles. The fourth-order valence-electron chi connectivity index (χ4n) is 0.637. The third-order valence-electron chi connectivity index (χ3n) is 1.18. The maximum atomic E-state index is 9.39. The van der Waals surface area contributed by atoms with Crippen molar-refractivity contribution in [1.29, 1.82) is 0 Å². The standard InChI is InChI=1S/C6H5BrCl2O/c7-6(10)3-1-2-4(8)5(6)9/h1-3,5,10H. The molecule has 0 aromatic rings. The summed E-state index contributed by atoms with van der Waals surface area (Å²) >= 11 is 14.4. The van der Waals surface area contributed by atoms with Gasteiger partial charge in [-0.3, -0.25) is 0 Å². The summed E-state index contributed by atoms with van der Waals surface area (Å²) in [5, 5.41) is 9.22. The second-order valence-corrected chi connectivity index (χ2v) is 4.14. The lowest BCUT2D eigenvalue weighted by Crippen LogP contribution is -2.31. The van der Waals surface area contributed by atoms with Crippen molar-refractivity contribution in [1.82, 2.24) is 0 Å². The van der Waals surface area contributed by atoms with Crippen molar-refractivity contribution in [2.45, 2.75) is 9.89 Å². The zero-order valence-electron chi connectivity index (χ0n) is 4.89. The molecule has 4 heteroatoms. The Bertz CT molecular complexity index is 198. The summed E-state index contributed by atoms with van der Waals surface area (Å²) in [6, 6.07) is 0. The van der Waals surface area contributed by atoms with Crippen molar-refractivity contribution in [2.24, 2.45) is 0 Å². The largest absolute Gasteiger partial charge is 0.373 e. The van der Waals surface area contributed by atoms with E-state index in [0.717, 1.165) is 0 Å². The van der Waals surface area contributed by atoms with E-state index in [2.05, 4.69) is 15.9 Å². The van der Waals surface area contributed by atoms with Gasteiger partial charge in [0.1, 0.15) is 5.38 Å². The first kappa shape index (κ1) is 8.60. The quantitative estimate of drug-likeness (QED) is 0.648. The van der Waals surface area contributed by atoms with Gasteiger partial charge >= 0.3 is 0 Å². The number of halogens is 3. The van der Waals surface area contributed by atoms with E-state index in [1.165, 1.54) is 6.08 Å². The van der Waals surface area contributed by atoms with Crippen molar-refractivity contribution in [2.75, 3.05) is 0 Å². The van der Waals surface area contributed by atoms with Crippen LogP contribution >= 0.6 is 39.1 Å². The lowest BCUT2D eigenvalue weighted by atomic mass is 10.1. The minimum atomic E-state index is -1.19. The van der Waals surface area contributed by atoms with E-state index in [1.54, 1.807) is 12.2 Å². The van der Waals surface area contributed by atoms with Crippen LogP contribution in [0.4, 0.5) is 0 Å². The highest BCUT2D eigenvalue weighted by molar-refractivity contribution is 9.10. The highest BCUT2D eigenvalue weighted by atomic mass is 79.9. The number of hydrogen-bond donors (Lipinski definition) is 1. The van der Waals surface area contributed by atoms with Crippen molar-refractivity contribution in [3.8, 4) is 0 Å². The summed E-state index contributed by atoms with van der Waals surface area (Å²) in [6.07, 6.45) is 4.83. The average molecular weight is 244 g/mol. The van der Waals surface area contributed by atoms with Crippen LogP contribution in [0.25, 0.3) is 0 Å². The van der Waals surface area contributed by atoms with Gasteiger partial charge in [0, 0.05) is 5.03 Å². The summed E-state index contributed by atoms with van der Waals surface area (Å²) < 4.78 is -1.19. The van der Waals surface area contributed by atoms with Crippen molar-refractivity contribution < 1.29 is 5.11 Å². The molecule has 2 unspecified atom stereocenters. The van der Waals surface area contributed by atoms with Crippen LogP contribution in [0.2, 0.25) is 0 Å². The number of alkyl halides is 2. The smallest absolute Gasteiger partial charge is 0.159 e. The first-order valence-corrected chi connectivity index (χ1v) is 4.25. The summed E-state index contributed by atoms with van der Waals surface area (Å²) in [4.78, 5) is 0. The molecule has 0 spiro atoms. The zero-order chi connectivity index (χ0) is 7.78. The molecule has 0 aliphatic heterocycles. The maximum absolute atomic E-state index is 9.39. The van der Waals surface area contributed by atoms with Crippen molar-refractivity contribution in [3.63, 3.8) is 0 Å². The molecular formula is C6H5BrCl2O. The SMILES string of the molecule is OC1(Br)C=CC=C(Cl)C1Cl. The lowest BCUT2D eigenvalue weighted by Gasteiger charge is -2.24. The molecule has 0 heterocycles. The van der Waals surface area contributed by atoms with Gasteiger partial charge in [0.25, 0.3) is 0 Å². The molecule has 0 saturated carbocycles. The molecule has 1 aliphatic rings. The highest BCUT2D eigenvalue weighted by Crippen LogP contribution is 2.34. The molecular weight excluding hydrogens is 239 g/mol. The first-order chi connectivity index (χ1) is 4.54. The Morgan fingerprint density at radius 3 is 2.70 bits per heavy atom. The molecule has 1 N–H and O–H groups in total. The Kier molecular flexibility index (Phi) is 2.46. The van der Waals surface area contributed by atoms with E-state index >= 15 is 0 Å². The maximum Gasteiger partial charge on any atom is 0.159 e. The Labute approximate surface area is 77.4 Å². The second-order valence-electron chi connectivity index (χ2n) is 2.00. The van der Waals surface area contributed by atoms with Gasteiger partial charge in [-0.1, -0.05) is 17.7 Å². The van der Waals surface area contributed by atoms with Gasteiger partial charge in [0.2, 0.25) is 0 Å². The van der Waals surface area contributed by atoms with Crippen LogP contribution < -0.4 is 0 Å². The van der Waals surface area contributed by atoms with E-state index in [-0.39, 0.29) is 0 Å². The van der Waals surface area contributed by atoms with Crippen molar-refractivity contribution >= 4 is 39.1 Å². The third-order valence-corrected chi connectivity index (χ3v) is 3.19. The molecule has 0 saturated heterocycles. The molecule has 1 rings (SSSR count). The van der Waals surface area contributed by atoms with E-state index in [4.69, 9.17) is 23.2 Å². The molecule has 0 bridgehead atoms. The monoisotopic (exact) mass is 242 g/mol. The van der Waals surface area contributed by atoms with Crippen LogP contribution in [0.3, 0.4) is 0 Å². The predicted octanol–water partition coefficient (Wildman–Crippen LogP) is 2.37. The number of aliphatic hydroxyl groups is 1. The normalized spacial score (nSPS) is 39.6. The molecule has 0 radical (unpaired) electrons. The zero-order valence-corrected chi connectivity index (χ0v) is 7.99. The molecule has 0 aromatic carbocycles. The van der Waals surface area contributed by atoms with Gasteiger partial charge in [0.05, 0.1) is 0 Å². The molecule has 2 atom stereocenters. The van der Waals surface area contributed by atoms with Gasteiger partial charge in [-0.25, -0.2) is 0 Å². The number of rotatable bonds is 0. The van der Waals surface area contributed by atoms with E-state index in [0.29, 0.717) is 5.03 Å². The topological polar surface area (TPSA) is 20.2 Å². The van der Waals surface area contributed by atoms with Crippen LogP contribution in [-0.4, -0.2) is 15.0 Å². The van der Waals surface area contributed by atoms with E-state index in [1.807, 2.05) is 0 Å². The number of hydrogen-bond acceptors (Lipinski definition) is 1. The summed E-state index contributed by atoms with van der Waals surface area (Å²) in [7, 11) is 0. The summed E-state index contributed by atoms with van der Waals surface area (Å²) in [6.45, 7) is 0. The Morgan fingerprint density at radius 1 is 1.70 bits per heavy atom. The Morgan fingerprint density at radius 2 is 2.30 bits per heavy atom. The van der Waals surface area contributed by atoms with Crippen LogP contribution in [0, 0.1) is 0 Å². The van der Waals surface area contributed by atoms with E-state index < -0.39 is 9.89 Å². The molecule has 1 nitrogen and oxygen atoms in total. The first-order valence-electron chi connectivity index (χ1n) is 2.64. The second kappa shape index (κ2) is 2.86. The van der Waals surface area contributed by atoms with Gasteiger partial charge in [-0.05, 0) is 28.1 Å². The Balaban J connectivity index is 2.89. The average Bonchev–Trinajstić information content (AvgIpc) is 1.83. The highest BCUT2D eigenvalue weighted by Gasteiger charge is 2.33. The molecule has 1 aliphatic carbocycles. The summed E-state index contributed by atoms with van der Waals surface area (Å²) in [5.41, 5.74) is 0. The van der Waals surface area contributed by atoms with Crippen molar-refractivity contribution in [3.05, 3.63) is 23.3 Å². The van der Waals surface area contributed by atoms with Gasteiger partial charge in [-0.2, -0.15) is 0 Å². The fraction of sp³-hybridized carbons (Fsp3) is 0.333. The van der Waals surface area contributed by atoms with E-state index in [9.17, 15) is 5.11 Å². The third kappa shape index (κ3) is 1.56. The minimum absolute atomic E-state index is 0.434. The van der Waals surface area contributed by atoms with Gasteiger partial charge < -0.3 is 5.11 Å². The number of allylic oxidation sites excluding steroid dienone is 2. The molecule has 0 amide bonds. The summed E-state index contributed by atoms with van der Waals surface area (Å²) in [5.74, 6) is 0. The minimum Gasteiger partial charge on any atom is -0.373 e. The Hall–Kier alpha value is 0.500. The van der Waals surface area contributed by atoms with Gasteiger partial charge in [-0.15, -0.1) is 11.6 Å². The predicted molar refractivity (Wildman–Crippen MR) is 46.6 cm³/mol. The van der Waals surface area contributed by atoms with Crippen LogP contribution in [0.15, 0.2) is 23.3 Å². The molecule has 0 fully saturated rings. The van der Waals surface area contributed by atoms with Crippen LogP contribution in [0.5, 0.6) is 0 Å². The fourth-order valence-corrected chi connectivity index (χ4v) is 1.55. The van der Waals surface area contributed by atoms with Crippen LogP contribution in [0.1, 0.15) is 0 Å². The van der Waals surface area contributed by atoms with Gasteiger partial charge in [0.15, 0.2) is 4.51 Å². The van der Waals surface area contributed by atoms with Crippen LogP contribution in [-0.2, 0) is 0 Å². The lowest BCUT2D eigenvalue weighted by molar-refractivity contribution is 0.199.